The molecule has 2 heterocycles. The number of carbonyl (C=O) groups excluding carboxylic acids is 1. The van der Waals surface area contributed by atoms with Crippen LogP contribution in [0.25, 0.3) is 10.6 Å². The lowest BCUT2D eigenvalue weighted by Gasteiger charge is -2.08. The Labute approximate surface area is 164 Å². The van der Waals surface area contributed by atoms with Gasteiger partial charge in [0.25, 0.3) is 0 Å². The molecule has 1 amide bonds. The van der Waals surface area contributed by atoms with Crippen molar-refractivity contribution in [1.82, 2.24) is 15.3 Å². The SMILES string of the molecule is CC(C)c1ccc(CCNC(=O)CCc2csc(-c3cccnc3)n2)cc1. The molecular weight excluding hydrogens is 354 g/mol. The van der Waals surface area contributed by atoms with E-state index in [2.05, 4.69) is 53.4 Å². The average molecular weight is 380 g/mol. The first kappa shape index (κ1) is 19.2. The molecule has 3 aromatic rings. The Morgan fingerprint density at radius 2 is 1.96 bits per heavy atom. The van der Waals surface area contributed by atoms with Gasteiger partial charge in [0.2, 0.25) is 5.91 Å². The van der Waals surface area contributed by atoms with Crippen molar-refractivity contribution in [2.24, 2.45) is 0 Å². The van der Waals surface area contributed by atoms with Crippen LogP contribution in [0.2, 0.25) is 0 Å². The summed E-state index contributed by atoms with van der Waals surface area (Å²) in [6, 6.07) is 12.5. The fourth-order valence-corrected chi connectivity index (χ4v) is 3.63. The van der Waals surface area contributed by atoms with E-state index < -0.39 is 0 Å². The highest BCUT2D eigenvalue weighted by molar-refractivity contribution is 7.13. The van der Waals surface area contributed by atoms with Gasteiger partial charge in [-0.2, -0.15) is 0 Å². The van der Waals surface area contributed by atoms with Crippen LogP contribution in [0.15, 0.2) is 54.2 Å². The predicted octanol–water partition coefficient (Wildman–Crippen LogP) is 4.62. The van der Waals surface area contributed by atoms with Crippen LogP contribution in [0.5, 0.6) is 0 Å². The maximum Gasteiger partial charge on any atom is 0.220 e. The van der Waals surface area contributed by atoms with Crippen LogP contribution in [0.3, 0.4) is 0 Å². The number of aryl methyl sites for hydroxylation is 1. The second kappa shape index (κ2) is 9.42. The summed E-state index contributed by atoms with van der Waals surface area (Å²) in [6.07, 6.45) is 5.53. The number of pyridine rings is 1. The third-order valence-electron chi connectivity index (χ3n) is 4.45. The van der Waals surface area contributed by atoms with Crippen molar-refractivity contribution < 1.29 is 4.79 Å². The van der Waals surface area contributed by atoms with Gasteiger partial charge in [-0.1, -0.05) is 38.1 Å². The van der Waals surface area contributed by atoms with E-state index in [1.165, 1.54) is 11.1 Å². The molecule has 1 aromatic carbocycles. The van der Waals surface area contributed by atoms with Crippen molar-refractivity contribution in [3.05, 3.63) is 71.0 Å². The Hall–Kier alpha value is -2.53. The zero-order chi connectivity index (χ0) is 19.1. The summed E-state index contributed by atoms with van der Waals surface area (Å²) in [4.78, 5) is 20.8. The minimum atomic E-state index is 0.0738. The second-order valence-electron chi connectivity index (χ2n) is 6.88. The molecule has 0 radical (unpaired) electrons. The zero-order valence-electron chi connectivity index (χ0n) is 15.8. The number of thiazole rings is 1. The van der Waals surface area contributed by atoms with Gasteiger partial charge in [0.1, 0.15) is 5.01 Å². The van der Waals surface area contributed by atoms with E-state index >= 15 is 0 Å². The van der Waals surface area contributed by atoms with E-state index in [9.17, 15) is 4.79 Å². The Balaban J connectivity index is 1.40. The van der Waals surface area contributed by atoms with Gasteiger partial charge in [-0.25, -0.2) is 4.98 Å². The molecule has 0 unspecified atom stereocenters. The molecule has 0 bridgehead atoms. The van der Waals surface area contributed by atoms with Crippen LogP contribution in [0.4, 0.5) is 0 Å². The average Bonchev–Trinajstić information content (AvgIpc) is 3.16. The van der Waals surface area contributed by atoms with Crippen molar-refractivity contribution in [3.63, 3.8) is 0 Å². The number of carbonyl (C=O) groups is 1. The number of rotatable bonds is 8. The van der Waals surface area contributed by atoms with Gasteiger partial charge in [0.05, 0.1) is 5.69 Å². The van der Waals surface area contributed by atoms with Gasteiger partial charge >= 0.3 is 0 Å². The molecule has 2 aromatic heterocycles. The van der Waals surface area contributed by atoms with E-state index in [1.54, 1.807) is 17.5 Å². The van der Waals surface area contributed by atoms with Crippen molar-refractivity contribution in [1.29, 1.82) is 0 Å². The van der Waals surface area contributed by atoms with E-state index in [4.69, 9.17) is 0 Å². The number of benzene rings is 1. The first-order valence-electron chi connectivity index (χ1n) is 9.32. The fraction of sp³-hybridized carbons (Fsp3) is 0.318. The molecule has 0 saturated heterocycles. The monoisotopic (exact) mass is 379 g/mol. The summed E-state index contributed by atoms with van der Waals surface area (Å²) in [5.41, 5.74) is 4.57. The molecule has 5 heteroatoms. The Kier molecular flexibility index (Phi) is 6.71. The number of nitrogens with one attached hydrogen (secondary N) is 1. The summed E-state index contributed by atoms with van der Waals surface area (Å²) in [5.74, 6) is 0.618. The molecule has 0 saturated carbocycles. The number of aromatic nitrogens is 2. The topological polar surface area (TPSA) is 54.9 Å². The van der Waals surface area contributed by atoms with Crippen LogP contribution in [-0.2, 0) is 17.6 Å². The van der Waals surface area contributed by atoms with Gasteiger partial charge in [-0.05, 0) is 42.0 Å². The molecule has 4 nitrogen and oxygen atoms in total. The molecule has 0 aliphatic rings. The van der Waals surface area contributed by atoms with Gasteiger partial charge in [0.15, 0.2) is 0 Å². The van der Waals surface area contributed by atoms with Crippen LogP contribution >= 0.6 is 11.3 Å². The highest BCUT2D eigenvalue weighted by atomic mass is 32.1. The van der Waals surface area contributed by atoms with Gasteiger partial charge in [-0.3, -0.25) is 9.78 Å². The molecule has 0 aliphatic carbocycles. The molecule has 0 spiro atoms. The maximum atomic E-state index is 12.1. The number of amides is 1. The third-order valence-corrected chi connectivity index (χ3v) is 5.39. The Bertz CT molecular complexity index is 857. The van der Waals surface area contributed by atoms with E-state index in [0.29, 0.717) is 25.3 Å². The molecular formula is C22H25N3OS. The summed E-state index contributed by atoms with van der Waals surface area (Å²) in [5, 5.41) is 5.97. The largest absolute Gasteiger partial charge is 0.356 e. The molecule has 0 fully saturated rings. The highest BCUT2D eigenvalue weighted by Crippen LogP contribution is 2.23. The van der Waals surface area contributed by atoms with Crippen molar-refractivity contribution in [2.75, 3.05) is 6.54 Å². The van der Waals surface area contributed by atoms with Crippen LogP contribution in [0.1, 0.15) is 43.0 Å². The first-order valence-corrected chi connectivity index (χ1v) is 10.2. The summed E-state index contributed by atoms with van der Waals surface area (Å²) in [6.45, 7) is 5.05. The predicted molar refractivity (Wildman–Crippen MR) is 111 cm³/mol. The number of hydrogen-bond acceptors (Lipinski definition) is 4. The smallest absolute Gasteiger partial charge is 0.220 e. The lowest BCUT2D eigenvalue weighted by Crippen LogP contribution is -2.25. The molecule has 140 valence electrons. The Morgan fingerprint density at radius 1 is 1.15 bits per heavy atom. The molecule has 1 N–H and O–H groups in total. The van der Waals surface area contributed by atoms with Crippen LogP contribution < -0.4 is 5.32 Å². The second-order valence-corrected chi connectivity index (χ2v) is 7.74. The highest BCUT2D eigenvalue weighted by Gasteiger charge is 2.07. The van der Waals surface area contributed by atoms with Crippen LogP contribution in [0, 0.1) is 0 Å². The van der Waals surface area contributed by atoms with Crippen molar-refractivity contribution in [2.45, 2.75) is 39.0 Å². The Morgan fingerprint density at radius 3 is 2.67 bits per heavy atom. The molecule has 27 heavy (non-hydrogen) atoms. The quantitative estimate of drug-likeness (QED) is 0.621. The summed E-state index contributed by atoms with van der Waals surface area (Å²) in [7, 11) is 0. The lowest BCUT2D eigenvalue weighted by molar-refractivity contribution is -0.121. The summed E-state index contributed by atoms with van der Waals surface area (Å²) >= 11 is 1.59. The summed E-state index contributed by atoms with van der Waals surface area (Å²) < 4.78 is 0. The zero-order valence-corrected chi connectivity index (χ0v) is 16.6. The minimum Gasteiger partial charge on any atom is -0.356 e. The van der Waals surface area contributed by atoms with Crippen LogP contribution in [-0.4, -0.2) is 22.4 Å². The van der Waals surface area contributed by atoms with Gasteiger partial charge in [-0.15, -0.1) is 11.3 Å². The van der Waals surface area contributed by atoms with Crippen molar-refractivity contribution in [3.8, 4) is 10.6 Å². The third kappa shape index (κ3) is 5.73. The number of nitrogens with zero attached hydrogens (tertiary/aromatic N) is 2. The van der Waals surface area contributed by atoms with Gasteiger partial charge in [0, 0.05) is 36.3 Å². The standard InChI is InChI=1S/C22H25N3OS/c1-16(2)18-7-5-17(6-8-18)11-13-24-21(26)10-9-20-15-27-22(25-20)19-4-3-12-23-14-19/h3-8,12,14-16H,9-11,13H2,1-2H3,(H,24,26). The fourth-order valence-electron chi connectivity index (χ4n) is 2.79. The minimum absolute atomic E-state index is 0.0738. The van der Waals surface area contributed by atoms with Crippen molar-refractivity contribution >= 4 is 17.2 Å². The number of hydrogen-bond donors (Lipinski definition) is 1. The van der Waals surface area contributed by atoms with E-state index in [-0.39, 0.29) is 5.91 Å². The maximum absolute atomic E-state index is 12.1. The van der Waals surface area contributed by atoms with E-state index in [0.717, 1.165) is 22.7 Å². The van der Waals surface area contributed by atoms with Gasteiger partial charge < -0.3 is 5.32 Å². The normalized spacial score (nSPS) is 10.9. The molecule has 0 aliphatic heterocycles. The molecule has 3 rings (SSSR count). The van der Waals surface area contributed by atoms with E-state index in [1.807, 2.05) is 23.7 Å². The molecule has 0 atom stereocenters. The lowest BCUT2D eigenvalue weighted by atomic mass is 10.0. The first-order chi connectivity index (χ1) is 13.1.